The molecule has 0 aliphatic heterocycles. The number of carbonyl (C=O) groups excluding carboxylic acids is 2. The van der Waals surface area contributed by atoms with Crippen molar-refractivity contribution in [2.24, 2.45) is 5.73 Å². The molecule has 0 spiro atoms. The smallest absolute Gasteiger partial charge is 0.239 e. The van der Waals surface area contributed by atoms with Gasteiger partial charge in [-0.05, 0) is 24.6 Å². The molecule has 0 aliphatic carbocycles. The van der Waals surface area contributed by atoms with Gasteiger partial charge < -0.3 is 11.1 Å². The van der Waals surface area contributed by atoms with Crippen molar-refractivity contribution in [3.63, 3.8) is 0 Å². The summed E-state index contributed by atoms with van der Waals surface area (Å²) in [6, 6.07) is 18.7. The number of hydrogen-bond donors (Lipinski definition) is 4. The molecule has 0 heterocycles. The molecule has 2 aromatic rings. The van der Waals surface area contributed by atoms with Gasteiger partial charge in [-0.2, -0.15) is 0 Å². The Morgan fingerprint density at radius 1 is 0.926 bits per heavy atom. The number of hydrogen-bond acceptors (Lipinski definition) is 4. The molecule has 0 aromatic heterocycles. The SMILES string of the molecule is CC.CNNC(CCC(N)=O)C(=O)NC(c1ccccc1)c1ccccc1. The summed E-state index contributed by atoms with van der Waals surface area (Å²) in [4.78, 5) is 23.8. The Labute approximate surface area is 161 Å². The minimum Gasteiger partial charge on any atom is -0.370 e. The van der Waals surface area contributed by atoms with Crippen molar-refractivity contribution < 1.29 is 9.59 Å². The van der Waals surface area contributed by atoms with Gasteiger partial charge in [-0.15, -0.1) is 0 Å². The molecule has 6 nitrogen and oxygen atoms in total. The number of hydrazine groups is 1. The van der Waals surface area contributed by atoms with Crippen LogP contribution in [0, 0.1) is 0 Å². The molecule has 0 fully saturated rings. The monoisotopic (exact) mass is 370 g/mol. The molecule has 0 saturated carbocycles. The summed E-state index contributed by atoms with van der Waals surface area (Å²) in [5.74, 6) is -0.633. The predicted octanol–water partition coefficient (Wildman–Crippen LogP) is 2.28. The van der Waals surface area contributed by atoms with Crippen LogP contribution < -0.4 is 21.9 Å². The number of rotatable bonds is 9. The maximum absolute atomic E-state index is 12.7. The topological polar surface area (TPSA) is 96.2 Å². The van der Waals surface area contributed by atoms with Crippen molar-refractivity contribution in [3.05, 3.63) is 71.8 Å². The molecule has 2 aromatic carbocycles. The van der Waals surface area contributed by atoms with Gasteiger partial charge in [-0.3, -0.25) is 15.0 Å². The van der Waals surface area contributed by atoms with Crippen LogP contribution in [0.2, 0.25) is 0 Å². The molecule has 1 unspecified atom stereocenters. The first-order chi connectivity index (χ1) is 13.1. The van der Waals surface area contributed by atoms with Crippen molar-refractivity contribution in [1.82, 2.24) is 16.2 Å². The van der Waals surface area contributed by atoms with Crippen molar-refractivity contribution in [2.75, 3.05) is 7.05 Å². The first kappa shape index (κ1) is 22.3. The molecule has 1 atom stereocenters. The van der Waals surface area contributed by atoms with Gasteiger partial charge in [0.1, 0.15) is 6.04 Å². The number of nitrogens with two attached hydrogens (primary N) is 1. The maximum atomic E-state index is 12.7. The zero-order valence-electron chi connectivity index (χ0n) is 16.2. The van der Waals surface area contributed by atoms with Gasteiger partial charge in [-0.1, -0.05) is 74.5 Å². The van der Waals surface area contributed by atoms with Crippen LogP contribution in [0.3, 0.4) is 0 Å². The lowest BCUT2D eigenvalue weighted by Crippen LogP contribution is -2.50. The molecular weight excluding hydrogens is 340 g/mol. The molecule has 0 saturated heterocycles. The minimum atomic E-state index is -0.563. The summed E-state index contributed by atoms with van der Waals surface area (Å²) in [5, 5.41) is 3.06. The summed E-state index contributed by atoms with van der Waals surface area (Å²) in [6.07, 6.45) is 0.451. The summed E-state index contributed by atoms with van der Waals surface area (Å²) >= 11 is 0. The van der Waals surface area contributed by atoms with Gasteiger partial charge in [0.15, 0.2) is 0 Å². The maximum Gasteiger partial charge on any atom is 0.239 e. The first-order valence-electron chi connectivity index (χ1n) is 9.22. The summed E-state index contributed by atoms with van der Waals surface area (Å²) in [5.41, 5.74) is 12.8. The molecule has 6 heteroatoms. The summed E-state index contributed by atoms with van der Waals surface area (Å²) in [6.45, 7) is 4.00. The number of carbonyl (C=O) groups is 2. The van der Waals surface area contributed by atoms with Gasteiger partial charge in [0, 0.05) is 6.42 Å². The van der Waals surface area contributed by atoms with Gasteiger partial charge >= 0.3 is 0 Å². The molecule has 27 heavy (non-hydrogen) atoms. The van der Waals surface area contributed by atoms with E-state index in [1.807, 2.05) is 74.5 Å². The normalized spacial score (nSPS) is 11.3. The fraction of sp³-hybridized carbons (Fsp3) is 0.333. The Kier molecular flexibility index (Phi) is 10.4. The standard InChI is InChI=1S/C19H24N4O2.C2H6/c1-21-23-16(12-13-17(20)24)19(25)22-18(14-8-4-2-5-9-14)15-10-6-3-7-11-15;1-2/h2-11,16,18,21,23H,12-13H2,1H3,(H2,20,24)(H,22,25);1-2H3. The molecule has 5 N–H and O–H groups in total. The fourth-order valence-corrected chi connectivity index (χ4v) is 2.62. The Balaban J connectivity index is 0.00000176. The van der Waals surface area contributed by atoms with Crippen molar-refractivity contribution in [1.29, 1.82) is 0 Å². The lowest BCUT2D eigenvalue weighted by atomic mass is 9.98. The molecule has 2 amide bonds. The highest BCUT2D eigenvalue weighted by Gasteiger charge is 2.23. The van der Waals surface area contributed by atoms with E-state index in [-0.39, 0.29) is 18.4 Å². The average Bonchev–Trinajstić information content (AvgIpc) is 2.71. The van der Waals surface area contributed by atoms with E-state index in [0.29, 0.717) is 6.42 Å². The molecule has 0 aliphatic rings. The van der Waals surface area contributed by atoms with E-state index in [1.165, 1.54) is 0 Å². The highest BCUT2D eigenvalue weighted by molar-refractivity contribution is 5.83. The third-order valence-corrected chi connectivity index (χ3v) is 3.87. The Morgan fingerprint density at radius 3 is 1.81 bits per heavy atom. The Hall–Kier alpha value is -2.70. The third-order valence-electron chi connectivity index (χ3n) is 3.87. The highest BCUT2D eigenvalue weighted by atomic mass is 16.2. The molecule has 146 valence electrons. The van der Waals surface area contributed by atoms with E-state index in [4.69, 9.17) is 5.73 Å². The molecule has 0 radical (unpaired) electrons. The van der Waals surface area contributed by atoms with Crippen LogP contribution in [0.5, 0.6) is 0 Å². The summed E-state index contributed by atoms with van der Waals surface area (Å²) in [7, 11) is 1.68. The van der Waals surface area contributed by atoms with E-state index in [2.05, 4.69) is 16.2 Å². The van der Waals surface area contributed by atoms with Crippen LogP contribution in [-0.4, -0.2) is 24.9 Å². The number of benzene rings is 2. The van der Waals surface area contributed by atoms with E-state index in [9.17, 15) is 9.59 Å². The van der Waals surface area contributed by atoms with Crippen LogP contribution in [0.25, 0.3) is 0 Å². The van der Waals surface area contributed by atoms with E-state index in [1.54, 1.807) is 7.05 Å². The van der Waals surface area contributed by atoms with Gasteiger partial charge in [-0.25, -0.2) is 5.43 Å². The Morgan fingerprint density at radius 2 is 1.41 bits per heavy atom. The fourth-order valence-electron chi connectivity index (χ4n) is 2.62. The lowest BCUT2D eigenvalue weighted by Gasteiger charge is -2.24. The van der Waals surface area contributed by atoms with E-state index in [0.717, 1.165) is 11.1 Å². The first-order valence-corrected chi connectivity index (χ1v) is 9.22. The highest BCUT2D eigenvalue weighted by Crippen LogP contribution is 2.22. The van der Waals surface area contributed by atoms with Crippen LogP contribution in [-0.2, 0) is 9.59 Å². The van der Waals surface area contributed by atoms with Crippen molar-refractivity contribution in [2.45, 2.75) is 38.8 Å². The second kappa shape index (κ2) is 12.6. The van der Waals surface area contributed by atoms with E-state index < -0.39 is 11.9 Å². The van der Waals surface area contributed by atoms with Gasteiger partial charge in [0.25, 0.3) is 0 Å². The van der Waals surface area contributed by atoms with Gasteiger partial charge in [0.05, 0.1) is 6.04 Å². The van der Waals surface area contributed by atoms with Crippen LogP contribution in [0.4, 0.5) is 0 Å². The summed E-state index contributed by atoms with van der Waals surface area (Å²) < 4.78 is 0. The predicted molar refractivity (Wildman–Crippen MR) is 109 cm³/mol. The van der Waals surface area contributed by atoms with Crippen LogP contribution in [0.1, 0.15) is 43.9 Å². The van der Waals surface area contributed by atoms with Crippen LogP contribution >= 0.6 is 0 Å². The van der Waals surface area contributed by atoms with E-state index >= 15 is 0 Å². The van der Waals surface area contributed by atoms with Crippen molar-refractivity contribution in [3.8, 4) is 0 Å². The largest absolute Gasteiger partial charge is 0.370 e. The molecule has 0 bridgehead atoms. The van der Waals surface area contributed by atoms with Gasteiger partial charge in [0.2, 0.25) is 11.8 Å². The van der Waals surface area contributed by atoms with Crippen LogP contribution in [0.15, 0.2) is 60.7 Å². The second-order valence-electron chi connectivity index (χ2n) is 5.71. The zero-order valence-corrected chi connectivity index (χ0v) is 16.2. The number of primary amides is 1. The molecule has 2 rings (SSSR count). The zero-order chi connectivity index (χ0) is 20.1. The Bertz CT molecular complexity index is 638. The molecular formula is C21H30N4O2. The average molecular weight is 370 g/mol. The quantitative estimate of drug-likeness (QED) is 0.509. The lowest BCUT2D eigenvalue weighted by molar-refractivity contribution is -0.124. The third kappa shape index (κ3) is 7.60. The van der Waals surface area contributed by atoms with Crippen molar-refractivity contribution >= 4 is 11.8 Å². The minimum absolute atomic E-state index is 0.133. The number of nitrogens with one attached hydrogen (secondary N) is 3. The second-order valence-corrected chi connectivity index (χ2v) is 5.71. The number of amides is 2.